The molecule has 4 aliphatic rings. The van der Waals surface area contributed by atoms with E-state index in [-0.39, 0.29) is 5.41 Å². The van der Waals surface area contributed by atoms with Crippen molar-refractivity contribution in [3.63, 3.8) is 0 Å². The van der Waals surface area contributed by atoms with Gasteiger partial charge in [-0.25, -0.2) is 0 Å². The van der Waals surface area contributed by atoms with E-state index >= 15 is 0 Å². The lowest BCUT2D eigenvalue weighted by Gasteiger charge is -2.59. The van der Waals surface area contributed by atoms with Gasteiger partial charge < -0.3 is 5.11 Å². The Morgan fingerprint density at radius 3 is 2.67 bits per heavy atom. The molecule has 1 aromatic rings. The summed E-state index contributed by atoms with van der Waals surface area (Å²) in [6.07, 6.45) is 16.2. The van der Waals surface area contributed by atoms with Crippen LogP contribution in [-0.2, 0) is 5.60 Å². The Labute approximate surface area is 164 Å². The number of nitrogens with zero attached hydrogens (tertiary/aromatic N) is 1. The summed E-state index contributed by atoms with van der Waals surface area (Å²) < 4.78 is 0. The zero-order valence-electron chi connectivity index (χ0n) is 17.2. The average Bonchev–Trinajstić information content (AvgIpc) is 2.95. The maximum atomic E-state index is 11.9. The highest BCUT2D eigenvalue weighted by Gasteiger charge is 2.64. The summed E-state index contributed by atoms with van der Waals surface area (Å²) in [6, 6.07) is 4.07. The lowest BCUT2D eigenvalue weighted by Crippen LogP contribution is -2.53. The largest absolute Gasteiger partial charge is 0.385 e. The van der Waals surface area contributed by atoms with E-state index in [9.17, 15) is 5.11 Å². The standard InChI is InChI=1S/C25H35NO/c1-17-8-11-23(2)18(15-17)6-7-20-21(23)9-12-24(3)22(20)10-13-25(24,27)19-5-4-14-26-16-19/h4-6,14,16-17,20-22,27H,7-13,15H2,1-3H3/t17?,20?,21?,22?,23-,24-,25?/m0/s1. The zero-order valence-corrected chi connectivity index (χ0v) is 17.2. The number of fused-ring (bicyclic) bond motifs is 5. The summed E-state index contributed by atoms with van der Waals surface area (Å²) in [6.45, 7) is 7.39. The molecule has 5 rings (SSSR count). The lowest BCUT2D eigenvalue weighted by molar-refractivity contribution is -0.128. The molecule has 2 heteroatoms. The number of hydrogen-bond donors (Lipinski definition) is 1. The van der Waals surface area contributed by atoms with Crippen molar-refractivity contribution in [2.75, 3.05) is 0 Å². The van der Waals surface area contributed by atoms with Crippen LogP contribution in [0.15, 0.2) is 36.2 Å². The van der Waals surface area contributed by atoms with Crippen LogP contribution in [0.3, 0.4) is 0 Å². The molecular weight excluding hydrogens is 330 g/mol. The van der Waals surface area contributed by atoms with E-state index in [4.69, 9.17) is 0 Å². The van der Waals surface area contributed by atoms with Crippen LogP contribution in [0.1, 0.15) is 77.7 Å². The molecule has 0 radical (unpaired) electrons. The highest BCUT2D eigenvalue weighted by Crippen LogP contribution is 2.69. The summed E-state index contributed by atoms with van der Waals surface area (Å²) >= 11 is 0. The van der Waals surface area contributed by atoms with Crippen LogP contribution in [0, 0.1) is 34.5 Å². The van der Waals surface area contributed by atoms with E-state index in [1.807, 2.05) is 18.5 Å². The van der Waals surface area contributed by atoms with E-state index in [1.54, 1.807) is 5.57 Å². The second kappa shape index (κ2) is 5.92. The second-order valence-electron chi connectivity index (χ2n) is 10.7. The highest BCUT2D eigenvalue weighted by atomic mass is 16.3. The van der Waals surface area contributed by atoms with Crippen LogP contribution in [0.5, 0.6) is 0 Å². The monoisotopic (exact) mass is 365 g/mol. The van der Waals surface area contributed by atoms with E-state index in [2.05, 4.69) is 37.9 Å². The number of allylic oxidation sites excluding steroid dienone is 2. The van der Waals surface area contributed by atoms with Crippen LogP contribution in [0.4, 0.5) is 0 Å². The summed E-state index contributed by atoms with van der Waals surface area (Å²) in [4.78, 5) is 4.33. The highest BCUT2D eigenvalue weighted by molar-refractivity contribution is 5.29. The van der Waals surface area contributed by atoms with Crippen molar-refractivity contribution in [1.82, 2.24) is 4.98 Å². The molecule has 146 valence electrons. The third-order valence-electron chi connectivity index (χ3n) is 9.64. The van der Waals surface area contributed by atoms with Crippen molar-refractivity contribution >= 4 is 0 Å². The van der Waals surface area contributed by atoms with Crippen molar-refractivity contribution in [2.45, 2.75) is 77.7 Å². The molecule has 3 fully saturated rings. The molecule has 3 saturated carbocycles. The third kappa shape index (κ3) is 2.32. The minimum atomic E-state index is -0.705. The first kappa shape index (κ1) is 17.9. The van der Waals surface area contributed by atoms with E-state index in [0.717, 1.165) is 36.2 Å². The van der Waals surface area contributed by atoms with Gasteiger partial charge in [-0.1, -0.05) is 38.5 Å². The number of aromatic nitrogens is 1. The van der Waals surface area contributed by atoms with Crippen LogP contribution >= 0.6 is 0 Å². The summed E-state index contributed by atoms with van der Waals surface area (Å²) in [7, 11) is 0. The van der Waals surface area contributed by atoms with Crippen molar-refractivity contribution in [2.24, 2.45) is 34.5 Å². The Kier molecular flexibility index (Phi) is 3.93. The average molecular weight is 366 g/mol. The van der Waals surface area contributed by atoms with Gasteiger partial charge in [0.15, 0.2) is 0 Å². The molecule has 4 aliphatic carbocycles. The van der Waals surface area contributed by atoms with Gasteiger partial charge in [0.25, 0.3) is 0 Å². The molecule has 0 aromatic carbocycles. The maximum Gasteiger partial charge on any atom is 0.0967 e. The predicted molar refractivity (Wildman–Crippen MR) is 109 cm³/mol. The number of pyridine rings is 1. The van der Waals surface area contributed by atoms with Gasteiger partial charge >= 0.3 is 0 Å². The Balaban J connectivity index is 1.51. The topological polar surface area (TPSA) is 33.1 Å². The Bertz CT molecular complexity index is 757. The first-order valence-corrected chi connectivity index (χ1v) is 11.2. The molecular formula is C25H35NO. The molecule has 27 heavy (non-hydrogen) atoms. The molecule has 5 unspecified atom stereocenters. The van der Waals surface area contributed by atoms with E-state index in [0.29, 0.717) is 11.3 Å². The van der Waals surface area contributed by atoms with Gasteiger partial charge in [0, 0.05) is 23.4 Å². The lowest BCUT2D eigenvalue weighted by atomic mass is 9.46. The van der Waals surface area contributed by atoms with Gasteiger partial charge in [0.1, 0.15) is 0 Å². The van der Waals surface area contributed by atoms with Gasteiger partial charge in [-0.05, 0) is 86.5 Å². The zero-order chi connectivity index (χ0) is 18.9. The van der Waals surface area contributed by atoms with Gasteiger partial charge in [-0.3, -0.25) is 4.98 Å². The Hall–Kier alpha value is -1.15. The second-order valence-corrected chi connectivity index (χ2v) is 10.7. The first-order chi connectivity index (χ1) is 12.9. The summed E-state index contributed by atoms with van der Waals surface area (Å²) in [5, 5.41) is 11.9. The van der Waals surface area contributed by atoms with Crippen LogP contribution in [0.25, 0.3) is 0 Å². The molecule has 2 nitrogen and oxygen atoms in total. The van der Waals surface area contributed by atoms with Gasteiger partial charge in [0.05, 0.1) is 5.60 Å². The van der Waals surface area contributed by atoms with Crippen molar-refractivity contribution in [3.8, 4) is 0 Å². The molecule has 1 N–H and O–H groups in total. The molecule has 7 atom stereocenters. The third-order valence-corrected chi connectivity index (χ3v) is 9.64. The Morgan fingerprint density at radius 2 is 1.89 bits per heavy atom. The fourth-order valence-corrected chi connectivity index (χ4v) is 7.94. The fourth-order valence-electron chi connectivity index (χ4n) is 7.94. The van der Waals surface area contributed by atoms with Crippen molar-refractivity contribution < 1.29 is 5.11 Å². The van der Waals surface area contributed by atoms with Gasteiger partial charge in [-0.15, -0.1) is 0 Å². The molecule has 0 spiro atoms. The predicted octanol–water partition coefficient (Wildman–Crippen LogP) is 5.87. The smallest absolute Gasteiger partial charge is 0.0967 e. The SMILES string of the molecule is CC1CC[C@@]2(C)C(=CCC3C2CC[C@@]2(C)C3CCC2(O)c2cccnc2)C1. The van der Waals surface area contributed by atoms with Gasteiger partial charge in [-0.2, -0.15) is 0 Å². The minimum Gasteiger partial charge on any atom is -0.385 e. The molecule has 0 amide bonds. The maximum absolute atomic E-state index is 11.9. The number of aliphatic hydroxyl groups is 1. The quantitative estimate of drug-likeness (QED) is 0.632. The first-order valence-electron chi connectivity index (χ1n) is 11.2. The molecule has 1 aromatic heterocycles. The minimum absolute atomic E-state index is 0.0130. The molecule has 1 heterocycles. The van der Waals surface area contributed by atoms with E-state index < -0.39 is 5.60 Å². The van der Waals surface area contributed by atoms with Crippen LogP contribution in [0.2, 0.25) is 0 Å². The van der Waals surface area contributed by atoms with Crippen molar-refractivity contribution in [3.05, 3.63) is 41.7 Å². The number of rotatable bonds is 1. The normalized spacial score (nSPS) is 49.0. The van der Waals surface area contributed by atoms with Crippen LogP contribution in [-0.4, -0.2) is 10.1 Å². The molecule has 0 bridgehead atoms. The summed E-state index contributed by atoms with van der Waals surface area (Å²) in [5.74, 6) is 3.06. The van der Waals surface area contributed by atoms with E-state index in [1.165, 1.54) is 38.5 Å². The Morgan fingerprint density at radius 1 is 1.07 bits per heavy atom. The molecule has 0 saturated heterocycles. The van der Waals surface area contributed by atoms with Crippen LogP contribution < -0.4 is 0 Å². The molecule has 0 aliphatic heterocycles. The number of hydrogen-bond acceptors (Lipinski definition) is 2. The summed E-state index contributed by atoms with van der Waals surface area (Å²) in [5.41, 5.74) is 2.51. The van der Waals surface area contributed by atoms with Crippen molar-refractivity contribution in [1.29, 1.82) is 0 Å². The fraction of sp³-hybridized carbons (Fsp3) is 0.720. The van der Waals surface area contributed by atoms with Gasteiger partial charge in [0.2, 0.25) is 0 Å².